The SMILES string of the molecule is CC1=CCC(S(=O)(=O)c2ccc(C)cc2)C=C1. The molecule has 1 aromatic carbocycles. The van der Waals surface area contributed by atoms with E-state index in [0.29, 0.717) is 11.3 Å². The summed E-state index contributed by atoms with van der Waals surface area (Å²) in [7, 11) is -3.23. The summed E-state index contributed by atoms with van der Waals surface area (Å²) in [6, 6.07) is 7.04. The molecule has 2 rings (SSSR count). The number of benzene rings is 1. The van der Waals surface area contributed by atoms with Crippen molar-refractivity contribution < 1.29 is 8.42 Å². The fourth-order valence-corrected chi connectivity index (χ4v) is 3.34. The molecule has 1 aliphatic carbocycles. The van der Waals surface area contributed by atoms with Gasteiger partial charge in [0, 0.05) is 0 Å². The Morgan fingerprint density at radius 2 is 1.76 bits per heavy atom. The maximum atomic E-state index is 12.3. The van der Waals surface area contributed by atoms with Crippen molar-refractivity contribution in [2.75, 3.05) is 0 Å². The second-order valence-electron chi connectivity index (χ2n) is 4.44. The maximum Gasteiger partial charge on any atom is 0.185 e. The van der Waals surface area contributed by atoms with E-state index in [1.165, 1.54) is 0 Å². The van der Waals surface area contributed by atoms with Crippen LogP contribution in [0, 0.1) is 6.92 Å². The highest BCUT2D eigenvalue weighted by molar-refractivity contribution is 7.92. The third-order valence-corrected chi connectivity index (χ3v) is 5.07. The number of hydrogen-bond acceptors (Lipinski definition) is 2. The van der Waals surface area contributed by atoms with Crippen LogP contribution in [0.15, 0.2) is 53.0 Å². The highest BCUT2D eigenvalue weighted by Crippen LogP contribution is 2.23. The zero-order valence-corrected chi connectivity index (χ0v) is 10.9. The van der Waals surface area contributed by atoms with Crippen LogP contribution in [0.3, 0.4) is 0 Å². The predicted molar refractivity (Wildman–Crippen MR) is 69.7 cm³/mol. The van der Waals surface area contributed by atoms with E-state index in [1.54, 1.807) is 18.2 Å². The summed E-state index contributed by atoms with van der Waals surface area (Å²) in [5, 5.41) is -0.422. The van der Waals surface area contributed by atoms with Gasteiger partial charge in [-0.25, -0.2) is 8.42 Å². The molecule has 1 aromatic rings. The van der Waals surface area contributed by atoms with E-state index in [-0.39, 0.29) is 0 Å². The Morgan fingerprint density at radius 3 is 2.29 bits per heavy atom. The van der Waals surface area contributed by atoms with E-state index in [4.69, 9.17) is 0 Å². The first-order chi connectivity index (χ1) is 8.00. The lowest BCUT2D eigenvalue weighted by atomic mass is 10.1. The molecule has 0 amide bonds. The molecule has 0 saturated heterocycles. The lowest BCUT2D eigenvalue weighted by molar-refractivity contribution is 0.588. The molecule has 17 heavy (non-hydrogen) atoms. The van der Waals surface area contributed by atoms with Crippen LogP contribution in [0.5, 0.6) is 0 Å². The van der Waals surface area contributed by atoms with E-state index < -0.39 is 15.1 Å². The van der Waals surface area contributed by atoms with Crippen LogP contribution >= 0.6 is 0 Å². The number of sulfone groups is 1. The zero-order valence-electron chi connectivity index (χ0n) is 10.1. The highest BCUT2D eigenvalue weighted by Gasteiger charge is 2.25. The van der Waals surface area contributed by atoms with E-state index in [2.05, 4.69) is 0 Å². The van der Waals surface area contributed by atoms with Crippen LogP contribution in [0.1, 0.15) is 18.9 Å². The van der Waals surface area contributed by atoms with Crippen molar-refractivity contribution in [3.63, 3.8) is 0 Å². The number of rotatable bonds is 2. The minimum Gasteiger partial charge on any atom is -0.223 e. The van der Waals surface area contributed by atoms with Crippen LogP contribution in [-0.4, -0.2) is 13.7 Å². The highest BCUT2D eigenvalue weighted by atomic mass is 32.2. The topological polar surface area (TPSA) is 34.1 Å². The van der Waals surface area contributed by atoms with Crippen molar-refractivity contribution in [2.45, 2.75) is 30.4 Å². The van der Waals surface area contributed by atoms with Crippen LogP contribution in [0.4, 0.5) is 0 Å². The second-order valence-corrected chi connectivity index (χ2v) is 6.61. The summed E-state index contributed by atoms with van der Waals surface area (Å²) >= 11 is 0. The zero-order chi connectivity index (χ0) is 12.5. The molecular weight excluding hydrogens is 232 g/mol. The van der Waals surface area contributed by atoms with Gasteiger partial charge in [0.05, 0.1) is 10.1 Å². The monoisotopic (exact) mass is 248 g/mol. The first kappa shape index (κ1) is 12.1. The summed E-state index contributed by atoms with van der Waals surface area (Å²) in [5.74, 6) is 0. The van der Waals surface area contributed by atoms with Crippen molar-refractivity contribution in [3.8, 4) is 0 Å². The largest absolute Gasteiger partial charge is 0.223 e. The van der Waals surface area contributed by atoms with E-state index in [1.807, 2.05) is 38.1 Å². The Hall–Kier alpha value is -1.35. The van der Waals surface area contributed by atoms with Crippen LogP contribution < -0.4 is 0 Å². The fraction of sp³-hybridized carbons (Fsp3) is 0.286. The Bertz CT molecular complexity index is 563. The maximum absolute atomic E-state index is 12.3. The Kier molecular flexibility index (Phi) is 3.20. The summed E-state index contributed by atoms with van der Waals surface area (Å²) < 4.78 is 24.6. The summed E-state index contributed by atoms with van der Waals surface area (Å²) in [6.07, 6.45) is 6.19. The molecule has 0 N–H and O–H groups in total. The van der Waals surface area contributed by atoms with Gasteiger partial charge in [0.15, 0.2) is 9.84 Å². The fourth-order valence-electron chi connectivity index (χ4n) is 1.84. The van der Waals surface area contributed by atoms with Gasteiger partial charge in [-0.1, -0.05) is 41.5 Å². The lowest BCUT2D eigenvalue weighted by Gasteiger charge is -2.15. The number of allylic oxidation sites excluding steroid dienone is 3. The van der Waals surface area contributed by atoms with Gasteiger partial charge < -0.3 is 0 Å². The van der Waals surface area contributed by atoms with Gasteiger partial charge in [-0.2, -0.15) is 0 Å². The predicted octanol–water partition coefficient (Wildman–Crippen LogP) is 3.04. The quantitative estimate of drug-likeness (QED) is 0.806. The molecule has 3 heteroatoms. The van der Waals surface area contributed by atoms with Crippen molar-refractivity contribution in [1.82, 2.24) is 0 Å². The number of aryl methyl sites for hydroxylation is 1. The molecule has 0 fully saturated rings. The molecule has 0 bridgehead atoms. The van der Waals surface area contributed by atoms with Gasteiger partial charge >= 0.3 is 0 Å². The average Bonchev–Trinajstić information content (AvgIpc) is 2.30. The third kappa shape index (κ3) is 2.50. The molecular formula is C14H16O2S. The van der Waals surface area contributed by atoms with Crippen molar-refractivity contribution >= 4 is 9.84 Å². The molecule has 0 radical (unpaired) electrons. The van der Waals surface area contributed by atoms with Gasteiger partial charge in [0.25, 0.3) is 0 Å². The number of hydrogen-bond donors (Lipinski definition) is 0. The third-order valence-electron chi connectivity index (χ3n) is 2.99. The minimum atomic E-state index is -3.23. The van der Waals surface area contributed by atoms with E-state index in [9.17, 15) is 8.42 Å². The summed E-state index contributed by atoms with van der Waals surface area (Å²) in [5.41, 5.74) is 2.19. The first-order valence-corrected chi connectivity index (χ1v) is 7.20. The van der Waals surface area contributed by atoms with Gasteiger partial charge in [0.2, 0.25) is 0 Å². The van der Waals surface area contributed by atoms with Crippen molar-refractivity contribution in [2.24, 2.45) is 0 Å². The molecule has 90 valence electrons. The first-order valence-electron chi connectivity index (χ1n) is 5.66. The smallest absolute Gasteiger partial charge is 0.185 e. The Balaban J connectivity index is 2.32. The average molecular weight is 248 g/mol. The summed E-state index contributed by atoms with van der Waals surface area (Å²) in [6.45, 7) is 3.92. The molecule has 1 unspecified atom stereocenters. The molecule has 0 aromatic heterocycles. The van der Waals surface area contributed by atoms with Crippen LogP contribution in [0.2, 0.25) is 0 Å². The van der Waals surface area contributed by atoms with Gasteiger partial charge in [-0.15, -0.1) is 0 Å². The molecule has 0 heterocycles. The lowest BCUT2D eigenvalue weighted by Crippen LogP contribution is -2.20. The second kappa shape index (κ2) is 4.49. The van der Waals surface area contributed by atoms with Gasteiger partial charge in [0.1, 0.15) is 0 Å². The van der Waals surface area contributed by atoms with Gasteiger partial charge in [-0.05, 0) is 32.4 Å². The normalized spacial score (nSPS) is 20.1. The van der Waals surface area contributed by atoms with E-state index >= 15 is 0 Å². The van der Waals surface area contributed by atoms with Crippen LogP contribution in [0.25, 0.3) is 0 Å². The van der Waals surface area contributed by atoms with Gasteiger partial charge in [-0.3, -0.25) is 0 Å². The Labute approximate surface area is 103 Å². The van der Waals surface area contributed by atoms with Crippen molar-refractivity contribution in [3.05, 3.63) is 53.6 Å². The molecule has 0 aliphatic heterocycles. The molecule has 1 aliphatic rings. The Morgan fingerprint density at radius 1 is 1.12 bits per heavy atom. The van der Waals surface area contributed by atoms with Crippen molar-refractivity contribution in [1.29, 1.82) is 0 Å². The van der Waals surface area contributed by atoms with E-state index in [0.717, 1.165) is 11.1 Å². The molecule has 0 spiro atoms. The summed E-state index contributed by atoms with van der Waals surface area (Å²) in [4.78, 5) is 0.408. The molecule has 0 saturated carbocycles. The molecule has 1 atom stereocenters. The standard InChI is InChI=1S/C14H16O2S/c1-11-3-7-13(8-4-11)17(15,16)14-9-5-12(2)6-10-14/h3-9,14H,10H2,1-2H3. The van der Waals surface area contributed by atoms with Crippen LogP contribution in [-0.2, 0) is 9.84 Å². The minimum absolute atomic E-state index is 0.408. The molecule has 2 nitrogen and oxygen atoms in total.